The number of alkyl halides is 1. The van der Waals surface area contributed by atoms with Crippen molar-refractivity contribution in [1.82, 2.24) is 0 Å². The summed E-state index contributed by atoms with van der Waals surface area (Å²) in [7, 11) is 0. The van der Waals surface area contributed by atoms with Gasteiger partial charge in [0.15, 0.2) is 0 Å². The lowest BCUT2D eigenvalue weighted by molar-refractivity contribution is -0.115. The summed E-state index contributed by atoms with van der Waals surface area (Å²) < 4.78 is 28.9. The van der Waals surface area contributed by atoms with Crippen LogP contribution in [0, 0.1) is 12.8 Å². The molecule has 0 spiro atoms. The van der Waals surface area contributed by atoms with Gasteiger partial charge < -0.3 is 9.90 Å². The maximum Gasteiger partial charge on any atom is 0.335 e. The van der Waals surface area contributed by atoms with Crippen molar-refractivity contribution < 1.29 is 22.7 Å². The zero-order valence-electron chi connectivity index (χ0n) is 9.21. The lowest BCUT2D eigenvalue weighted by Crippen LogP contribution is -2.15. The van der Waals surface area contributed by atoms with Crippen molar-refractivity contribution in [3.63, 3.8) is 0 Å². The number of halogens is 1. The van der Waals surface area contributed by atoms with Gasteiger partial charge in [0.25, 0.3) is 0 Å². The number of benzene rings is 1. The second-order valence-corrected chi connectivity index (χ2v) is 3.51. The normalized spacial score (nSPS) is 12.9. The Kier molecular flexibility index (Phi) is 8.00. The van der Waals surface area contributed by atoms with Crippen LogP contribution in [0.1, 0.15) is 17.2 Å². The molecule has 0 aromatic heterocycles. The number of aliphatic hydroxyl groups excluding tert-OH is 1. The number of carbonyl (C=O) groups excluding carboxylic acids is 1. The summed E-state index contributed by atoms with van der Waals surface area (Å²) in [6, 6.07) is 7.04. The molecule has 1 N–H and O–H groups in total. The summed E-state index contributed by atoms with van der Waals surface area (Å²) in [6.45, 7) is 1.08. The van der Waals surface area contributed by atoms with Gasteiger partial charge >= 0.3 is 11.6 Å². The van der Waals surface area contributed by atoms with E-state index in [1.807, 2.05) is 19.1 Å². The minimum absolute atomic E-state index is 0.449. The molecule has 1 aromatic rings. The topological polar surface area (TPSA) is 71.4 Å². The van der Waals surface area contributed by atoms with Gasteiger partial charge in [-0.05, 0) is 12.5 Å². The molecule has 0 aliphatic carbocycles. The van der Waals surface area contributed by atoms with E-state index in [-0.39, 0.29) is 0 Å². The fourth-order valence-corrected chi connectivity index (χ4v) is 1.21. The number of hydrogen-bond acceptors (Lipinski definition) is 4. The Balaban J connectivity index is 0.000000770. The number of rotatable bonds is 4. The van der Waals surface area contributed by atoms with E-state index in [1.165, 1.54) is 0 Å². The van der Waals surface area contributed by atoms with Crippen molar-refractivity contribution in [3.8, 4) is 0 Å². The molecule has 0 bridgehead atoms. The first kappa shape index (κ1) is 15.6. The van der Waals surface area contributed by atoms with Gasteiger partial charge in [-0.3, -0.25) is 4.39 Å². The summed E-state index contributed by atoms with van der Waals surface area (Å²) >= 11 is -0.750. The van der Waals surface area contributed by atoms with E-state index in [2.05, 4.69) is 0 Å². The van der Waals surface area contributed by atoms with Gasteiger partial charge in [-0.15, -0.1) is 0 Å². The van der Waals surface area contributed by atoms with Gasteiger partial charge in [-0.2, -0.15) is 8.42 Å². The van der Waals surface area contributed by atoms with Crippen LogP contribution < -0.4 is 0 Å². The van der Waals surface area contributed by atoms with E-state index in [4.69, 9.17) is 8.42 Å². The predicted octanol–water partition coefficient (Wildman–Crippen LogP) is 1.14. The van der Waals surface area contributed by atoms with Crippen molar-refractivity contribution in [2.24, 2.45) is 5.92 Å². The van der Waals surface area contributed by atoms with Crippen LogP contribution in [-0.2, 0) is 16.4 Å². The first-order valence-electron chi connectivity index (χ1n) is 4.78. The van der Waals surface area contributed by atoms with Crippen LogP contribution in [0.25, 0.3) is 0 Å². The molecule has 0 saturated carbocycles. The van der Waals surface area contributed by atoms with E-state index < -0.39 is 30.3 Å². The minimum atomic E-state index is -1.04. The lowest BCUT2D eigenvalue weighted by Gasteiger charge is -2.14. The SMILES string of the molecule is Cc1ccc([C@@H](O)[C@H](C=O)CF)cc1.O=S=O. The van der Waals surface area contributed by atoms with Gasteiger partial charge in [0.05, 0.1) is 12.0 Å². The molecule has 1 rings (SSSR count). The third-order valence-electron chi connectivity index (χ3n) is 2.18. The molecule has 0 amide bonds. The Labute approximate surface area is 102 Å². The lowest BCUT2D eigenvalue weighted by atomic mass is 9.97. The second-order valence-electron chi connectivity index (χ2n) is 3.38. The minimum Gasteiger partial charge on any atom is -0.388 e. The molecule has 0 heterocycles. The van der Waals surface area contributed by atoms with Gasteiger partial charge in [-0.1, -0.05) is 29.8 Å². The summed E-state index contributed by atoms with van der Waals surface area (Å²) in [5, 5.41) is 9.60. The highest BCUT2D eigenvalue weighted by molar-refractivity contribution is 7.51. The molecule has 94 valence electrons. The van der Waals surface area contributed by atoms with E-state index in [9.17, 15) is 14.3 Å². The molecule has 17 heavy (non-hydrogen) atoms. The molecule has 0 aliphatic heterocycles. The Morgan fingerprint density at radius 2 is 1.82 bits per heavy atom. The number of aldehydes is 1. The number of aryl methyl sites for hydroxylation is 1. The van der Waals surface area contributed by atoms with Crippen molar-refractivity contribution in [1.29, 1.82) is 0 Å². The molecule has 0 fully saturated rings. The highest BCUT2D eigenvalue weighted by Crippen LogP contribution is 2.21. The van der Waals surface area contributed by atoms with Crippen molar-refractivity contribution >= 4 is 17.9 Å². The predicted molar refractivity (Wildman–Crippen MR) is 60.6 cm³/mol. The van der Waals surface area contributed by atoms with E-state index in [0.29, 0.717) is 11.8 Å². The van der Waals surface area contributed by atoms with Crippen LogP contribution in [0.2, 0.25) is 0 Å². The molecular formula is C11H13FO4S. The zero-order chi connectivity index (χ0) is 13.3. The van der Waals surface area contributed by atoms with E-state index in [1.54, 1.807) is 12.1 Å². The van der Waals surface area contributed by atoms with Gasteiger partial charge in [0.2, 0.25) is 0 Å². The summed E-state index contributed by atoms with van der Waals surface area (Å²) in [5.41, 5.74) is 1.63. The maximum atomic E-state index is 12.3. The van der Waals surface area contributed by atoms with E-state index >= 15 is 0 Å². The highest BCUT2D eigenvalue weighted by Gasteiger charge is 2.19. The van der Waals surface area contributed by atoms with Crippen LogP contribution in [0.15, 0.2) is 24.3 Å². The number of hydrogen-bond donors (Lipinski definition) is 1. The summed E-state index contributed by atoms with van der Waals surface area (Å²) in [4.78, 5) is 10.4. The van der Waals surface area contributed by atoms with Crippen molar-refractivity contribution in [2.75, 3.05) is 6.67 Å². The standard InChI is InChI=1S/C11H13FO2.O2S/c1-8-2-4-9(5-3-8)11(14)10(6-12)7-13;1-3-2/h2-5,7,10-11,14H,6H2,1H3;/t10-,11+;/m0./s1. The maximum absolute atomic E-state index is 12.3. The Morgan fingerprint density at radius 3 is 2.18 bits per heavy atom. The van der Waals surface area contributed by atoms with Crippen LogP contribution in [0.3, 0.4) is 0 Å². The highest BCUT2D eigenvalue weighted by atomic mass is 32.1. The quantitative estimate of drug-likeness (QED) is 0.824. The molecule has 2 atom stereocenters. The smallest absolute Gasteiger partial charge is 0.335 e. The fourth-order valence-electron chi connectivity index (χ4n) is 1.21. The monoisotopic (exact) mass is 260 g/mol. The fraction of sp³-hybridized carbons (Fsp3) is 0.364. The van der Waals surface area contributed by atoms with Crippen LogP contribution >= 0.6 is 0 Å². The third kappa shape index (κ3) is 5.46. The second kappa shape index (κ2) is 8.72. The Bertz CT molecular complexity index is 374. The molecule has 0 aliphatic rings. The van der Waals surface area contributed by atoms with Crippen LogP contribution in [-0.4, -0.2) is 26.5 Å². The van der Waals surface area contributed by atoms with Crippen LogP contribution in [0.5, 0.6) is 0 Å². The molecule has 0 saturated heterocycles. The third-order valence-corrected chi connectivity index (χ3v) is 2.18. The summed E-state index contributed by atoms with van der Waals surface area (Å²) in [6.07, 6.45) is -0.594. The Hall–Kier alpha value is -1.40. The average molecular weight is 260 g/mol. The molecule has 4 nitrogen and oxygen atoms in total. The average Bonchev–Trinajstić information content (AvgIpc) is 2.32. The molecular weight excluding hydrogens is 247 g/mol. The largest absolute Gasteiger partial charge is 0.388 e. The molecule has 6 heteroatoms. The Morgan fingerprint density at radius 1 is 1.35 bits per heavy atom. The number of carbonyl (C=O) groups is 1. The summed E-state index contributed by atoms with van der Waals surface area (Å²) in [5.74, 6) is -0.960. The molecule has 0 radical (unpaired) electrons. The number of aliphatic hydroxyl groups is 1. The van der Waals surface area contributed by atoms with Crippen LogP contribution in [0.4, 0.5) is 4.39 Å². The van der Waals surface area contributed by atoms with Crippen molar-refractivity contribution in [2.45, 2.75) is 13.0 Å². The first-order valence-corrected chi connectivity index (χ1v) is 5.45. The van der Waals surface area contributed by atoms with Gasteiger partial charge in [-0.25, -0.2) is 0 Å². The zero-order valence-corrected chi connectivity index (χ0v) is 10.0. The molecule has 1 aromatic carbocycles. The van der Waals surface area contributed by atoms with E-state index in [0.717, 1.165) is 5.56 Å². The van der Waals surface area contributed by atoms with Gasteiger partial charge in [0.1, 0.15) is 13.0 Å². The van der Waals surface area contributed by atoms with Gasteiger partial charge in [0, 0.05) is 0 Å². The molecule has 0 unspecified atom stereocenters. The first-order chi connectivity index (χ1) is 8.10. The van der Waals surface area contributed by atoms with Crippen molar-refractivity contribution in [3.05, 3.63) is 35.4 Å².